The normalized spacial score (nSPS) is 9.44. The van der Waals surface area contributed by atoms with Crippen molar-refractivity contribution < 1.29 is 9.47 Å². The summed E-state index contributed by atoms with van der Waals surface area (Å²) in [4.78, 5) is 0. The van der Waals surface area contributed by atoms with Crippen LogP contribution in [0.5, 0.6) is 17.2 Å². The summed E-state index contributed by atoms with van der Waals surface area (Å²) in [6.07, 6.45) is 0. The lowest BCUT2D eigenvalue weighted by Crippen LogP contribution is -1.89. The van der Waals surface area contributed by atoms with Crippen molar-refractivity contribution in [2.24, 2.45) is 0 Å². The second-order valence-electron chi connectivity index (χ2n) is 3.47. The van der Waals surface area contributed by atoms with Gasteiger partial charge >= 0.3 is 0 Å². The summed E-state index contributed by atoms with van der Waals surface area (Å²) in [5.41, 5.74) is 6.21. The molecule has 2 aromatic rings. The van der Waals surface area contributed by atoms with Crippen LogP contribution in [0.3, 0.4) is 0 Å². The van der Waals surface area contributed by atoms with Crippen LogP contribution < -0.4 is 15.2 Å². The van der Waals surface area contributed by atoms with Gasteiger partial charge in [0.2, 0.25) is 0 Å². The predicted molar refractivity (Wildman–Crippen MR) is 76.2 cm³/mol. The number of hydrogen-bond acceptors (Lipinski definition) is 3. The molecule has 0 aliphatic carbocycles. The summed E-state index contributed by atoms with van der Waals surface area (Å²) < 4.78 is 10.7. The Morgan fingerprint density at radius 3 is 2.17 bits per heavy atom. The van der Waals surface area contributed by atoms with Crippen molar-refractivity contribution in [3.8, 4) is 17.2 Å². The maximum Gasteiger partial charge on any atom is 0.146 e. The van der Waals surface area contributed by atoms with Crippen molar-refractivity contribution in [1.82, 2.24) is 0 Å². The van der Waals surface area contributed by atoms with Crippen LogP contribution in [0.15, 0.2) is 42.5 Å². The molecular weight excluding hydrogens is 273 g/mol. The number of rotatable bonds is 3. The first-order chi connectivity index (χ1) is 8.19. The van der Waals surface area contributed by atoms with E-state index in [0.717, 1.165) is 5.75 Å². The molecule has 2 N–H and O–H groups in total. The van der Waals surface area contributed by atoms with Gasteiger partial charge in [-0.1, -0.05) is 11.6 Å². The molecule has 0 heterocycles. The second-order valence-corrected chi connectivity index (χ2v) is 3.87. The Balaban J connectivity index is 0.00000162. The van der Waals surface area contributed by atoms with Crippen molar-refractivity contribution >= 4 is 29.7 Å². The van der Waals surface area contributed by atoms with Gasteiger partial charge in [0.25, 0.3) is 0 Å². The molecule has 0 unspecified atom stereocenters. The highest BCUT2D eigenvalue weighted by molar-refractivity contribution is 6.32. The van der Waals surface area contributed by atoms with Gasteiger partial charge < -0.3 is 15.2 Å². The molecule has 0 atom stereocenters. The molecule has 18 heavy (non-hydrogen) atoms. The second kappa shape index (κ2) is 6.38. The molecule has 0 aromatic heterocycles. The third-order valence-electron chi connectivity index (χ3n) is 2.24. The van der Waals surface area contributed by atoms with E-state index in [2.05, 4.69) is 0 Å². The molecule has 5 heteroatoms. The summed E-state index contributed by atoms with van der Waals surface area (Å²) in [7, 11) is 1.62. The van der Waals surface area contributed by atoms with Crippen LogP contribution in [0.2, 0.25) is 5.02 Å². The van der Waals surface area contributed by atoms with E-state index in [4.69, 9.17) is 26.8 Å². The van der Waals surface area contributed by atoms with E-state index >= 15 is 0 Å². The number of anilines is 1. The molecule has 0 bridgehead atoms. The molecule has 2 rings (SSSR count). The van der Waals surface area contributed by atoms with Gasteiger partial charge in [-0.25, -0.2) is 0 Å². The third kappa shape index (κ3) is 3.45. The minimum Gasteiger partial charge on any atom is -0.497 e. The van der Waals surface area contributed by atoms with Crippen molar-refractivity contribution in [1.29, 1.82) is 0 Å². The van der Waals surface area contributed by atoms with E-state index in [1.165, 1.54) is 0 Å². The van der Waals surface area contributed by atoms with Crippen molar-refractivity contribution in [2.45, 2.75) is 0 Å². The number of benzene rings is 2. The lowest BCUT2D eigenvalue weighted by Gasteiger charge is -2.08. The van der Waals surface area contributed by atoms with Gasteiger partial charge in [0, 0.05) is 5.69 Å². The fourth-order valence-electron chi connectivity index (χ4n) is 1.37. The quantitative estimate of drug-likeness (QED) is 0.862. The van der Waals surface area contributed by atoms with Gasteiger partial charge in [0.05, 0.1) is 12.1 Å². The first-order valence-electron chi connectivity index (χ1n) is 5.06. The average Bonchev–Trinajstić information content (AvgIpc) is 2.34. The smallest absolute Gasteiger partial charge is 0.146 e. The van der Waals surface area contributed by atoms with Gasteiger partial charge in [-0.3, -0.25) is 0 Å². The Labute approximate surface area is 117 Å². The summed E-state index contributed by atoms with van der Waals surface area (Å²) >= 11 is 6.01. The topological polar surface area (TPSA) is 44.5 Å². The molecule has 0 saturated carbocycles. The van der Waals surface area contributed by atoms with Crippen LogP contribution >= 0.6 is 24.0 Å². The first-order valence-corrected chi connectivity index (χ1v) is 5.44. The van der Waals surface area contributed by atoms with Gasteiger partial charge in [-0.2, -0.15) is 0 Å². The van der Waals surface area contributed by atoms with Crippen LogP contribution in [0.25, 0.3) is 0 Å². The number of nitrogen functional groups attached to an aromatic ring is 1. The molecule has 0 fully saturated rings. The summed E-state index contributed by atoms with van der Waals surface area (Å²) in [5.74, 6) is 2.05. The molecule has 0 aliphatic rings. The van der Waals surface area contributed by atoms with Crippen molar-refractivity contribution in [3.05, 3.63) is 47.5 Å². The first kappa shape index (κ1) is 14.5. The summed E-state index contributed by atoms with van der Waals surface area (Å²) in [5, 5.41) is 0.487. The van der Waals surface area contributed by atoms with Crippen molar-refractivity contribution in [3.63, 3.8) is 0 Å². The van der Waals surface area contributed by atoms with Crippen molar-refractivity contribution in [2.75, 3.05) is 12.8 Å². The number of ether oxygens (including phenoxy) is 2. The van der Waals surface area contributed by atoms with Crippen LogP contribution in [0, 0.1) is 0 Å². The number of nitrogens with two attached hydrogens (primary N) is 1. The molecule has 3 nitrogen and oxygen atoms in total. The zero-order chi connectivity index (χ0) is 12.3. The Hall–Kier alpha value is -1.58. The Morgan fingerprint density at radius 2 is 1.61 bits per heavy atom. The third-order valence-corrected chi connectivity index (χ3v) is 2.54. The lowest BCUT2D eigenvalue weighted by molar-refractivity contribution is 0.413. The number of hydrogen-bond donors (Lipinski definition) is 1. The minimum absolute atomic E-state index is 0. The standard InChI is InChI=1S/C13H12ClNO2.ClH/c1-16-10-3-5-11(6-4-10)17-13-7-2-9(15)8-12(13)14;/h2-8H,15H2,1H3;1H. The zero-order valence-electron chi connectivity index (χ0n) is 9.72. The van der Waals surface area contributed by atoms with E-state index in [-0.39, 0.29) is 12.4 Å². The Kier molecular flexibility index (Phi) is 5.13. The minimum atomic E-state index is 0. The lowest BCUT2D eigenvalue weighted by atomic mass is 10.3. The molecule has 96 valence electrons. The van der Waals surface area contributed by atoms with E-state index < -0.39 is 0 Å². The van der Waals surface area contributed by atoms with Gasteiger partial charge in [0.15, 0.2) is 0 Å². The van der Waals surface area contributed by atoms with Gasteiger partial charge in [0.1, 0.15) is 17.2 Å². The summed E-state index contributed by atoms with van der Waals surface area (Å²) in [6, 6.07) is 12.4. The predicted octanol–water partition coefficient (Wildman–Crippen LogP) is 4.14. The van der Waals surface area contributed by atoms with Crippen LogP contribution in [-0.4, -0.2) is 7.11 Å². The van der Waals surface area contributed by atoms with E-state index in [1.54, 1.807) is 25.3 Å². The molecule has 0 radical (unpaired) electrons. The molecule has 0 aliphatic heterocycles. The maximum atomic E-state index is 6.01. The molecular formula is C13H13Cl2NO2. The molecule has 0 amide bonds. The monoisotopic (exact) mass is 285 g/mol. The largest absolute Gasteiger partial charge is 0.497 e. The summed E-state index contributed by atoms with van der Waals surface area (Å²) in [6.45, 7) is 0. The highest BCUT2D eigenvalue weighted by Gasteiger charge is 2.03. The fourth-order valence-corrected chi connectivity index (χ4v) is 1.60. The van der Waals surface area contributed by atoms with Crippen LogP contribution in [0.4, 0.5) is 5.69 Å². The van der Waals surface area contributed by atoms with E-state index in [9.17, 15) is 0 Å². The average molecular weight is 286 g/mol. The fraction of sp³-hybridized carbons (Fsp3) is 0.0769. The SMILES string of the molecule is COc1ccc(Oc2ccc(N)cc2Cl)cc1.Cl. The Morgan fingerprint density at radius 1 is 1.00 bits per heavy atom. The molecule has 2 aromatic carbocycles. The number of halogens is 2. The van der Waals surface area contributed by atoms with Crippen LogP contribution in [0.1, 0.15) is 0 Å². The van der Waals surface area contributed by atoms with Crippen LogP contribution in [-0.2, 0) is 0 Å². The van der Waals surface area contributed by atoms with E-state index in [0.29, 0.717) is 22.2 Å². The zero-order valence-corrected chi connectivity index (χ0v) is 11.3. The van der Waals surface area contributed by atoms with Gasteiger partial charge in [-0.15, -0.1) is 12.4 Å². The highest BCUT2D eigenvalue weighted by atomic mass is 35.5. The molecule has 0 spiro atoms. The Bertz CT molecular complexity index is 515. The number of methoxy groups -OCH3 is 1. The van der Waals surface area contributed by atoms with Gasteiger partial charge in [-0.05, 0) is 42.5 Å². The van der Waals surface area contributed by atoms with E-state index in [1.807, 2.05) is 24.3 Å². The maximum absolute atomic E-state index is 6.01. The highest BCUT2D eigenvalue weighted by Crippen LogP contribution is 2.31. The molecule has 0 saturated heterocycles.